The van der Waals surface area contributed by atoms with Crippen molar-refractivity contribution in [1.29, 1.82) is 0 Å². The fourth-order valence-electron chi connectivity index (χ4n) is 5.36. The molecule has 5 rings (SSSR count). The van der Waals surface area contributed by atoms with E-state index in [-0.39, 0.29) is 0 Å². The maximum atomic E-state index is 13.6. The number of halogens is 2. The molecule has 0 saturated carbocycles. The zero-order chi connectivity index (χ0) is 27.6. The lowest BCUT2D eigenvalue weighted by atomic mass is 10.0. The van der Waals surface area contributed by atoms with Crippen LogP contribution in [0.1, 0.15) is 19.3 Å². The Morgan fingerprint density at radius 1 is 1.05 bits per heavy atom. The van der Waals surface area contributed by atoms with E-state index in [2.05, 4.69) is 36.5 Å². The lowest BCUT2D eigenvalue weighted by Crippen LogP contribution is -2.44. The van der Waals surface area contributed by atoms with Gasteiger partial charge in [-0.25, -0.2) is 9.37 Å². The molecule has 208 valence electrons. The van der Waals surface area contributed by atoms with Crippen LogP contribution in [0.15, 0.2) is 48.7 Å². The number of hydrogen-bond acceptors (Lipinski definition) is 8. The molecule has 0 amide bonds. The van der Waals surface area contributed by atoms with Gasteiger partial charge in [0.1, 0.15) is 24.1 Å². The maximum Gasteiger partial charge on any atom is 0.229 e. The van der Waals surface area contributed by atoms with Crippen molar-refractivity contribution in [3.63, 3.8) is 0 Å². The molecule has 3 aromatic rings. The third kappa shape index (κ3) is 6.48. The Morgan fingerprint density at radius 3 is 2.51 bits per heavy atom. The number of rotatable bonds is 8. The molecule has 0 radical (unpaired) electrons. The Balaban J connectivity index is 1.29. The molecular formula is C28H35ClFN6O2P. The van der Waals surface area contributed by atoms with Crippen LogP contribution in [0.25, 0.3) is 0 Å². The minimum absolute atomic E-state index is 0.346. The smallest absolute Gasteiger partial charge is 0.229 e. The third-order valence-corrected chi connectivity index (χ3v) is 9.25. The normalized spacial score (nSPS) is 18.8. The van der Waals surface area contributed by atoms with Crippen LogP contribution in [-0.4, -0.2) is 73.7 Å². The van der Waals surface area contributed by atoms with E-state index in [1.165, 1.54) is 6.20 Å². The number of nitrogens with one attached hydrogen (secondary N) is 2. The van der Waals surface area contributed by atoms with Crippen LogP contribution in [0.4, 0.5) is 33.2 Å². The van der Waals surface area contributed by atoms with Crippen LogP contribution < -0.4 is 25.6 Å². The largest absolute Gasteiger partial charge is 0.494 e. The summed E-state index contributed by atoms with van der Waals surface area (Å²) in [7, 11) is -0.879. The first-order chi connectivity index (χ1) is 18.7. The van der Waals surface area contributed by atoms with Gasteiger partial charge in [0, 0.05) is 49.3 Å². The molecule has 1 unspecified atom stereocenters. The summed E-state index contributed by atoms with van der Waals surface area (Å²) in [6.45, 7) is 6.76. The molecule has 39 heavy (non-hydrogen) atoms. The number of likely N-dealkylation sites (tertiary alicyclic amines) is 1. The summed E-state index contributed by atoms with van der Waals surface area (Å²) in [6, 6.07) is 13.9. The van der Waals surface area contributed by atoms with Gasteiger partial charge in [-0.2, -0.15) is 4.98 Å². The van der Waals surface area contributed by atoms with Gasteiger partial charge in [-0.1, -0.05) is 23.7 Å². The van der Waals surface area contributed by atoms with Gasteiger partial charge < -0.3 is 24.8 Å². The molecule has 2 fully saturated rings. The number of para-hydroxylation sites is 1. The van der Waals surface area contributed by atoms with E-state index < -0.39 is 13.3 Å². The summed E-state index contributed by atoms with van der Waals surface area (Å²) in [5.41, 5.74) is 2.50. The molecule has 3 heterocycles. The highest BCUT2D eigenvalue weighted by atomic mass is 35.5. The molecule has 2 aromatic carbocycles. The minimum atomic E-state index is -2.52. The number of nitrogens with zero attached hydrogens (tertiary/aromatic N) is 4. The summed E-state index contributed by atoms with van der Waals surface area (Å²) in [5, 5.41) is 7.53. The molecular weight excluding hydrogens is 538 g/mol. The molecule has 2 aliphatic heterocycles. The second kappa shape index (κ2) is 11.7. The summed E-state index contributed by atoms with van der Waals surface area (Å²) in [4.78, 5) is 13.6. The second-order valence-corrected chi connectivity index (χ2v) is 14.1. The number of benzene rings is 2. The van der Waals surface area contributed by atoms with Gasteiger partial charge in [-0.05, 0) is 56.9 Å². The van der Waals surface area contributed by atoms with E-state index in [4.69, 9.17) is 16.3 Å². The minimum Gasteiger partial charge on any atom is -0.494 e. The number of aromatic nitrogens is 2. The van der Waals surface area contributed by atoms with Crippen LogP contribution >= 0.6 is 18.7 Å². The number of alkyl halides is 1. The molecule has 0 aliphatic carbocycles. The van der Waals surface area contributed by atoms with E-state index >= 15 is 0 Å². The summed E-state index contributed by atoms with van der Waals surface area (Å²) < 4.78 is 32.1. The highest BCUT2D eigenvalue weighted by Crippen LogP contribution is 2.39. The summed E-state index contributed by atoms with van der Waals surface area (Å²) >= 11 is 6.40. The van der Waals surface area contributed by atoms with Gasteiger partial charge >= 0.3 is 0 Å². The van der Waals surface area contributed by atoms with Crippen LogP contribution in [0.5, 0.6) is 5.75 Å². The van der Waals surface area contributed by atoms with Crippen molar-refractivity contribution in [3.05, 3.63) is 53.7 Å². The van der Waals surface area contributed by atoms with Crippen molar-refractivity contribution in [3.8, 4) is 5.75 Å². The fourth-order valence-corrected chi connectivity index (χ4v) is 6.65. The van der Waals surface area contributed by atoms with Gasteiger partial charge in [0.25, 0.3) is 0 Å². The van der Waals surface area contributed by atoms with Crippen LogP contribution in [0.3, 0.4) is 0 Å². The van der Waals surface area contributed by atoms with E-state index in [9.17, 15) is 8.96 Å². The molecule has 1 atom stereocenters. The molecule has 0 spiro atoms. The van der Waals surface area contributed by atoms with Gasteiger partial charge in [0.05, 0.1) is 24.7 Å². The fraction of sp³-hybridized carbons (Fsp3) is 0.429. The van der Waals surface area contributed by atoms with Crippen molar-refractivity contribution in [1.82, 2.24) is 14.9 Å². The van der Waals surface area contributed by atoms with Crippen LogP contribution in [0, 0.1) is 0 Å². The molecule has 2 saturated heterocycles. The molecule has 8 nitrogen and oxygen atoms in total. The zero-order valence-electron chi connectivity index (χ0n) is 22.5. The summed E-state index contributed by atoms with van der Waals surface area (Å²) in [6.07, 6.45) is 3.56. The number of ether oxygens (including phenoxy) is 1. The maximum absolute atomic E-state index is 13.6. The number of hydrogen-bond donors (Lipinski definition) is 2. The van der Waals surface area contributed by atoms with E-state index in [0.717, 1.165) is 49.2 Å². The highest BCUT2D eigenvalue weighted by Gasteiger charge is 2.30. The number of methoxy groups -OCH3 is 1. The predicted octanol–water partition coefficient (Wildman–Crippen LogP) is 5.89. The van der Waals surface area contributed by atoms with Crippen LogP contribution in [0.2, 0.25) is 5.02 Å². The van der Waals surface area contributed by atoms with E-state index in [0.29, 0.717) is 47.2 Å². The molecule has 2 aliphatic rings. The quantitative estimate of drug-likeness (QED) is 0.324. The first kappa shape index (κ1) is 27.7. The molecule has 2 N–H and O–H groups in total. The van der Waals surface area contributed by atoms with Crippen molar-refractivity contribution < 1.29 is 13.7 Å². The Bertz CT molecular complexity index is 1360. The van der Waals surface area contributed by atoms with Crippen molar-refractivity contribution >= 4 is 52.9 Å². The number of piperidine rings is 1. The van der Waals surface area contributed by atoms with Crippen molar-refractivity contribution in [2.24, 2.45) is 0 Å². The first-order valence-corrected chi connectivity index (χ1v) is 16.2. The van der Waals surface area contributed by atoms with Gasteiger partial charge in [-0.15, -0.1) is 0 Å². The van der Waals surface area contributed by atoms with E-state index in [1.54, 1.807) is 20.4 Å². The first-order valence-electron chi connectivity index (χ1n) is 13.2. The van der Waals surface area contributed by atoms with Gasteiger partial charge in [0.15, 0.2) is 5.82 Å². The molecule has 1 aromatic heterocycles. The van der Waals surface area contributed by atoms with Crippen LogP contribution in [-0.2, 0) is 4.57 Å². The Morgan fingerprint density at radius 2 is 1.82 bits per heavy atom. The lowest BCUT2D eigenvalue weighted by Gasteiger charge is -2.38. The zero-order valence-corrected chi connectivity index (χ0v) is 24.2. The lowest BCUT2D eigenvalue weighted by molar-refractivity contribution is 0.192. The molecule has 11 heteroatoms. The van der Waals surface area contributed by atoms with Gasteiger partial charge in [-0.3, -0.25) is 4.90 Å². The van der Waals surface area contributed by atoms with E-state index in [1.807, 2.05) is 36.4 Å². The Kier molecular flexibility index (Phi) is 8.31. The SMILES string of the molecule is COc1cc(N2CCC(N3CCC(F)C3)CC2)ccc1Nc1ncc(Cl)c(Nc2ccccc2P(C)(C)=O)n1. The predicted molar refractivity (Wildman–Crippen MR) is 158 cm³/mol. The highest BCUT2D eigenvalue weighted by molar-refractivity contribution is 7.70. The standard InChI is InChI=1S/C28H35ClFN6O2P/c1-38-25-16-21(35-14-11-20(12-15-35)36-13-10-19(30)18-36)8-9-23(25)33-28-31-17-22(29)27(34-28)32-24-6-4-5-7-26(24)39(2,3)37/h4-9,16-17,19-20H,10-15,18H2,1-3H3,(H2,31,32,33,34). The van der Waals surface area contributed by atoms with Crippen molar-refractivity contribution in [2.45, 2.75) is 31.5 Å². The Labute approximate surface area is 234 Å². The van der Waals surface area contributed by atoms with Crippen molar-refractivity contribution in [2.75, 3.05) is 62.2 Å². The third-order valence-electron chi connectivity index (χ3n) is 7.42. The number of anilines is 5. The molecule has 0 bridgehead atoms. The topological polar surface area (TPSA) is 82.6 Å². The average molecular weight is 573 g/mol. The van der Waals surface area contributed by atoms with Gasteiger partial charge in [0.2, 0.25) is 5.95 Å². The second-order valence-electron chi connectivity index (χ2n) is 10.5. The Hall–Kier alpha value is -2.87. The average Bonchev–Trinajstić information content (AvgIpc) is 3.37. The summed E-state index contributed by atoms with van der Waals surface area (Å²) in [5.74, 6) is 1.43. The monoisotopic (exact) mass is 572 g/mol.